The van der Waals surface area contributed by atoms with E-state index in [0.717, 1.165) is 0 Å². The lowest BCUT2D eigenvalue weighted by molar-refractivity contribution is -0.385. The Labute approximate surface area is 105 Å². The van der Waals surface area contributed by atoms with Gasteiger partial charge in [0.15, 0.2) is 0 Å². The summed E-state index contributed by atoms with van der Waals surface area (Å²) in [4.78, 5) is 14.4. The molecule has 1 rings (SSSR count). The van der Waals surface area contributed by atoms with Gasteiger partial charge in [0, 0.05) is 25.5 Å². The van der Waals surface area contributed by atoms with Gasteiger partial charge in [0.25, 0.3) is 5.69 Å². The van der Waals surface area contributed by atoms with E-state index in [-0.39, 0.29) is 18.3 Å². The predicted molar refractivity (Wildman–Crippen MR) is 66.6 cm³/mol. The smallest absolute Gasteiger partial charge is 0.277 e. The van der Waals surface area contributed by atoms with Gasteiger partial charge >= 0.3 is 0 Å². The lowest BCUT2D eigenvalue weighted by Crippen LogP contribution is -2.26. The van der Waals surface area contributed by atoms with Crippen molar-refractivity contribution in [3.63, 3.8) is 0 Å². The molecular formula is C11H17N3O4. The molecule has 1 heterocycles. The zero-order valence-corrected chi connectivity index (χ0v) is 10.4. The number of aryl methyl sites for hydroxylation is 1. The maximum Gasteiger partial charge on any atom is 0.277 e. The van der Waals surface area contributed by atoms with E-state index >= 15 is 0 Å². The first-order valence-corrected chi connectivity index (χ1v) is 5.55. The Morgan fingerprint density at radius 3 is 2.94 bits per heavy atom. The molecule has 1 unspecified atom stereocenters. The monoisotopic (exact) mass is 255 g/mol. The molecule has 0 fully saturated rings. The highest BCUT2D eigenvalue weighted by Gasteiger charge is 2.14. The first-order chi connectivity index (χ1) is 8.58. The van der Waals surface area contributed by atoms with E-state index < -0.39 is 4.92 Å². The standard InChI is InChI=1S/C11H17N3O4/c1-8-6-12-11(5-10(8)14(16)17)13-9(3-4-15)7-18-2/h5-6,9,15H,3-4,7H2,1-2H3,(H,12,13). The molecule has 1 atom stereocenters. The summed E-state index contributed by atoms with van der Waals surface area (Å²) in [6, 6.07) is 1.25. The summed E-state index contributed by atoms with van der Waals surface area (Å²) in [5, 5.41) is 22.7. The largest absolute Gasteiger partial charge is 0.396 e. The first-order valence-electron chi connectivity index (χ1n) is 5.55. The molecule has 0 aliphatic heterocycles. The van der Waals surface area contributed by atoms with Gasteiger partial charge in [-0.15, -0.1) is 0 Å². The Morgan fingerprint density at radius 2 is 2.39 bits per heavy atom. The number of aliphatic hydroxyl groups excluding tert-OH is 1. The number of hydrogen-bond acceptors (Lipinski definition) is 6. The van der Waals surface area contributed by atoms with E-state index in [0.29, 0.717) is 24.4 Å². The van der Waals surface area contributed by atoms with Crippen molar-refractivity contribution in [2.45, 2.75) is 19.4 Å². The van der Waals surface area contributed by atoms with Gasteiger partial charge in [0.2, 0.25) is 0 Å². The number of aromatic nitrogens is 1. The number of methoxy groups -OCH3 is 1. The van der Waals surface area contributed by atoms with Crippen LogP contribution in [0.2, 0.25) is 0 Å². The Kier molecular flexibility index (Phi) is 5.47. The number of nitrogens with one attached hydrogen (secondary N) is 1. The van der Waals surface area contributed by atoms with Crippen LogP contribution in [0, 0.1) is 17.0 Å². The second-order valence-electron chi connectivity index (χ2n) is 3.92. The highest BCUT2D eigenvalue weighted by Crippen LogP contribution is 2.20. The zero-order valence-electron chi connectivity index (χ0n) is 10.4. The molecule has 0 saturated heterocycles. The van der Waals surface area contributed by atoms with Gasteiger partial charge in [0.05, 0.1) is 23.6 Å². The highest BCUT2D eigenvalue weighted by atomic mass is 16.6. The number of ether oxygens (including phenoxy) is 1. The molecule has 0 bridgehead atoms. The number of anilines is 1. The number of rotatable bonds is 7. The van der Waals surface area contributed by atoms with E-state index in [9.17, 15) is 10.1 Å². The predicted octanol–water partition coefficient (Wildman–Crippen LogP) is 1.11. The van der Waals surface area contributed by atoms with Crippen LogP contribution in [0.1, 0.15) is 12.0 Å². The summed E-state index contributed by atoms with van der Waals surface area (Å²) >= 11 is 0. The minimum Gasteiger partial charge on any atom is -0.396 e. The number of aliphatic hydroxyl groups is 1. The molecule has 0 aromatic carbocycles. The van der Waals surface area contributed by atoms with Gasteiger partial charge in [0.1, 0.15) is 5.82 Å². The second-order valence-corrected chi connectivity index (χ2v) is 3.92. The van der Waals surface area contributed by atoms with Crippen LogP contribution in [0.4, 0.5) is 11.5 Å². The van der Waals surface area contributed by atoms with E-state index in [4.69, 9.17) is 9.84 Å². The molecule has 1 aromatic heterocycles. The van der Waals surface area contributed by atoms with Crippen molar-refractivity contribution in [2.24, 2.45) is 0 Å². The average Bonchev–Trinajstić information content (AvgIpc) is 2.32. The van der Waals surface area contributed by atoms with Crippen molar-refractivity contribution in [3.8, 4) is 0 Å². The van der Waals surface area contributed by atoms with E-state index in [1.54, 1.807) is 14.0 Å². The Bertz CT molecular complexity index is 405. The molecule has 2 N–H and O–H groups in total. The van der Waals surface area contributed by atoms with Crippen molar-refractivity contribution in [2.75, 3.05) is 25.6 Å². The fraction of sp³-hybridized carbons (Fsp3) is 0.545. The minimum atomic E-state index is -0.445. The quantitative estimate of drug-likeness (QED) is 0.559. The van der Waals surface area contributed by atoms with Crippen LogP contribution in [-0.2, 0) is 4.74 Å². The molecule has 1 aromatic rings. The normalized spacial score (nSPS) is 12.2. The average molecular weight is 255 g/mol. The SMILES string of the molecule is COCC(CCO)Nc1cc([N+](=O)[O-])c(C)cn1. The summed E-state index contributed by atoms with van der Waals surface area (Å²) in [6.45, 7) is 2.04. The molecule has 0 aliphatic carbocycles. The van der Waals surface area contributed by atoms with Crippen LogP contribution < -0.4 is 5.32 Å². The van der Waals surface area contributed by atoms with Crippen LogP contribution in [0.15, 0.2) is 12.3 Å². The lowest BCUT2D eigenvalue weighted by Gasteiger charge is -2.17. The van der Waals surface area contributed by atoms with Crippen molar-refractivity contribution in [3.05, 3.63) is 27.9 Å². The maximum atomic E-state index is 10.8. The highest BCUT2D eigenvalue weighted by molar-refractivity contribution is 5.49. The third-order valence-corrected chi connectivity index (χ3v) is 2.47. The van der Waals surface area contributed by atoms with Crippen LogP contribution in [-0.4, -0.2) is 41.4 Å². The molecule has 0 spiro atoms. The Hall–Kier alpha value is -1.73. The van der Waals surface area contributed by atoms with Crippen LogP contribution >= 0.6 is 0 Å². The molecule has 7 nitrogen and oxygen atoms in total. The first kappa shape index (κ1) is 14.3. The third kappa shape index (κ3) is 3.94. The van der Waals surface area contributed by atoms with Crippen LogP contribution in [0.5, 0.6) is 0 Å². The molecule has 100 valence electrons. The second kappa shape index (κ2) is 6.87. The molecule has 0 saturated carbocycles. The fourth-order valence-corrected chi connectivity index (χ4v) is 1.55. The summed E-state index contributed by atoms with van der Waals surface area (Å²) in [5.74, 6) is 0.405. The summed E-state index contributed by atoms with van der Waals surface area (Å²) < 4.78 is 4.99. The maximum absolute atomic E-state index is 10.8. The number of hydrogen-bond donors (Lipinski definition) is 2. The number of pyridine rings is 1. The van der Waals surface area contributed by atoms with Crippen molar-refractivity contribution in [1.82, 2.24) is 4.98 Å². The van der Waals surface area contributed by atoms with Crippen LogP contribution in [0.25, 0.3) is 0 Å². The molecule has 0 aliphatic rings. The van der Waals surface area contributed by atoms with Gasteiger partial charge in [-0.25, -0.2) is 4.98 Å². The Balaban J connectivity index is 2.82. The molecule has 0 radical (unpaired) electrons. The molecule has 7 heteroatoms. The van der Waals surface area contributed by atoms with E-state index in [2.05, 4.69) is 10.3 Å². The lowest BCUT2D eigenvalue weighted by atomic mass is 10.2. The third-order valence-electron chi connectivity index (χ3n) is 2.47. The number of nitro groups is 1. The van der Waals surface area contributed by atoms with Crippen molar-refractivity contribution >= 4 is 11.5 Å². The van der Waals surface area contributed by atoms with Gasteiger partial charge in [-0.05, 0) is 13.3 Å². The topological polar surface area (TPSA) is 97.5 Å². The molecular weight excluding hydrogens is 238 g/mol. The van der Waals surface area contributed by atoms with Gasteiger partial charge in [-0.2, -0.15) is 0 Å². The van der Waals surface area contributed by atoms with Crippen molar-refractivity contribution in [1.29, 1.82) is 0 Å². The van der Waals surface area contributed by atoms with Crippen LogP contribution in [0.3, 0.4) is 0 Å². The summed E-state index contributed by atoms with van der Waals surface area (Å²) in [7, 11) is 1.55. The Morgan fingerprint density at radius 1 is 1.67 bits per heavy atom. The molecule has 0 amide bonds. The van der Waals surface area contributed by atoms with Gasteiger partial charge in [-0.3, -0.25) is 10.1 Å². The van der Waals surface area contributed by atoms with Crippen molar-refractivity contribution < 1.29 is 14.8 Å². The fourth-order valence-electron chi connectivity index (χ4n) is 1.55. The van der Waals surface area contributed by atoms with E-state index in [1.165, 1.54) is 12.3 Å². The van der Waals surface area contributed by atoms with Gasteiger partial charge in [-0.1, -0.05) is 0 Å². The molecule has 18 heavy (non-hydrogen) atoms. The van der Waals surface area contributed by atoms with E-state index in [1.807, 2.05) is 0 Å². The van der Waals surface area contributed by atoms with Gasteiger partial charge < -0.3 is 15.2 Å². The number of nitrogens with zero attached hydrogens (tertiary/aromatic N) is 2. The summed E-state index contributed by atoms with van der Waals surface area (Å²) in [6.07, 6.45) is 1.93. The minimum absolute atomic E-state index is 0.00891. The zero-order chi connectivity index (χ0) is 13.5. The summed E-state index contributed by atoms with van der Waals surface area (Å²) in [5.41, 5.74) is 0.531.